The minimum absolute atomic E-state index is 0.139. The number of ketones is 1. The third-order valence-electron chi connectivity index (χ3n) is 2.27. The Morgan fingerprint density at radius 2 is 1.13 bits per heavy atom. The molecule has 0 fully saturated rings. The summed E-state index contributed by atoms with van der Waals surface area (Å²) in [7, 11) is 0. The van der Waals surface area contributed by atoms with Gasteiger partial charge in [-0.2, -0.15) is 0 Å². The highest BCUT2D eigenvalue weighted by atomic mass is 16.1. The minimum atomic E-state index is -0.139. The van der Waals surface area contributed by atoms with Crippen molar-refractivity contribution in [3.63, 3.8) is 0 Å². The summed E-state index contributed by atoms with van der Waals surface area (Å²) in [6.07, 6.45) is 0. The van der Waals surface area contributed by atoms with Crippen molar-refractivity contribution in [3.05, 3.63) is 35.4 Å². The van der Waals surface area contributed by atoms with Crippen LogP contribution >= 0.6 is 0 Å². The van der Waals surface area contributed by atoms with E-state index in [1.807, 2.05) is 20.8 Å². The molecule has 0 aliphatic carbocycles. The number of benzene rings is 1. The molecule has 0 radical (unpaired) electrons. The molecular formula is C14H22O. The van der Waals surface area contributed by atoms with Crippen LogP contribution in [-0.4, -0.2) is 5.78 Å². The summed E-state index contributed by atoms with van der Waals surface area (Å²) in [5, 5.41) is 0. The predicted molar refractivity (Wildman–Crippen MR) is 66.1 cm³/mol. The van der Waals surface area contributed by atoms with Crippen LogP contribution in [0.1, 0.15) is 38.8 Å². The van der Waals surface area contributed by atoms with E-state index in [1.54, 1.807) is 6.92 Å². The van der Waals surface area contributed by atoms with Crippen molar-refractivity contribution in [1.29, 1.82) is 0 Å². The van der Waals surface area contributed by atoms with Crippen LogP contribution in [0.25, 0.3) is 0 Å². The summed E-state index contributed by atoms with van der Waals surface area (Å²) in [5.41, 5.74) is 2.52. The molecule has 0 spiro atoms. The molecule has 1 aromatic carbocycles. The maximum absolute atomic E-state index is 10.5. The summed E-state index contributed by atoms with van der Waals surface area (Å²) in [5.74, 6) is 0.243. The summed E-state index contributed by atoms with van der Waals surface area (Å²) in [4.78, 5) is 10.5. The van der Waals surface area contributed by atoms with Crippen molar-refractivity contribution < 1.29 is 4.79 Å². The first kappa shape index (κ1) is 13.9. The van der Waals surface area contributed by atoms with Gasteiger partial charge in [-0.3, -0.25) is 4.79 Å². The monoisotopic (exact) mass is 206 g/mol. The number of rotatable bonds is 0. The Morgan fingerprint density at radius 3 is 1.27 bits per heavy atom. The van der Waals surface area contributed by atoms with Crippen molar-refractivity contribution >= 4 is 5.78 Å². The SMILES string of the molecule is CC(=O)C(C)(C)C.Cc1ccc(C)cc1. The maximum Gasteiger partial charge on any atom is 0.135 e. The molecule has 1 rings (SSSR count). The average molecular weight is 206 g/mol. The molecule has 0 aliphatic rings. The number of hydrogen-bond acceptors (Lipinski definition) is 1. The molecule has 1 nitrogen and oxygen atoms in total. The van der Waals surface area contributed by atoms with Gasteiger partial charge < -0.3 is 0 Å². The average Bonchev–Trinajstić information content (AvgIpc) is 2.09. The van der Waals surface area contributed by atoms with Gasteiger partial charge in [-0.1, -0.05) is 56.2 Å². The Bertz CT molecular complexity index is 280. The first-order valence-corrected chi connectivity index (χ1v) is 5.28. The largest absolute Gasteiger partial charge is 0.299 e. The lowest BCUT2D eigenvalue weighted by Crippen LogP contribution is -2.15. The Labute approximate surface area is 93.5 Å². The Hall–Kier alpha value is -1.11. The fourth-order valence-corrected chi connectivity index (χ4v) is 0.637. The van der Waals surface area contributed by atoms with Gasteiger partial charge >= 0.3 is 0 Å². The molecule has 84 valence electrons. The number of Topliss-reactive ketones (excluding diaryl/α,β-unsaturated/α-hetero) is 1. The third-order valence-corrected chi connectivity index (χ3v) is 2.27. The lowest BCUT2D eigenvalue weighted by Gasteiger charge is -2.11. The molecule has 0 aromatic heterocycles. The molecule has 0 saturated heterocycles. The number of carbonyl (C=O) groups is 1. The normalized spacial score (nSPS) is 10.3. The second kappa shape index (κ2) is 5.69. The molecule has 0 saturated carbocycles. The molecule has 0 N–H and O–H groups in total. The zero-order chi connectivity index (χ0) is 12.1. The quantitative estimate of drug-likeness (QED) is 0.628. The third kappa shape index (κ3) is 6.89. The first-order valence-electron chi connectivity index (χ1n) is 5.28. The fraction of sp³-hybridized carbons (Fsp3) is 0.500. The van der Waals surface area contributed by atoms with E-state index in [0.717, 1.165) is 0 Å². The smallest absolute Gasteiger partial charge is 0.135 e. The second-order valence-corrected chi connectivity index (χ2v) is 4.96. The zero-order valence-electron chi connectivity index (χ0n) is 10.7. The van der Waals surface area contributed by atoms with Crippen LogP contribution < -0.4 is 0 Å². The van der Waals surface area contributed by atoms with E-state index in [1.165, 1.54) is 11.1 Å². The van der Waals surface area contributed by atoms with Gasteiger partial charge in [0.15, 0.2) is 0 Å². The Morgan fingerprint density at radius 1 is 0.933 bits per heavy atom. The van der Waals surface area contributed by atoms with Gasteiger partial charge in [-0.25, -0.2) is 0 Å². The zero-order valence-corrected chi connectivity index (χ0v) is 10.7. The highest BCUT2D eigenvalue weighted by Crippen LogP contribution is 2.12. The molecule has 15 heavy (non-hydrogen) atoms. The highest BCUT2D eigenvalue weighted by molar-refractivity contribution is 5.80. The Kier molecular flexibility index (Phi) is 5.27. The fourth-order valence-electron chi connectivity index (χ4n) is 0.637. The van der Waals surface area contributed by atoms with Crippen molar-refractivity contribution in [1.82, 2.24) is 0 Å². The topological polar surface area (TPSA) is 17.1 Å². The lowest BCUT2D eigenvalue weighted by atomic mass is 9.92. The molecule has 0 unspecified atom stereocenters. The summed E-state index contributed by atoms with van der Waals surface area (Å²) in [6, 6.07) is 8.48. The van der Waals surface area contributed by atoms with Gasteiger partial charge in [0, 0.05) is 5.41 Å². The van der Waals surface area contributed by atoms with Crippen LogP contribution in [0.2, 0.25) is 0 Å². The van der Waals surface area contributed by atoms with E-state index in [-0.39, 0.29) is 11.2 Å². The van der Waals surface area contributed by atoms with Crippen molar-refractivity contribution in [3.8, 4) is 0 Å². The van der Waals surface area contributed by atoms with E-state index in [2.05, 4.69) is 38.1 Å². The second-order valence-electron chi connectivity index (χ2n) is 4.96. The van der Waals surface area contributed by atoms with Crippen LogP contribution in [-0.2, 0) is 4.79 Å². The maximum atomic E-state index is 10.5. The number of aryl methyl sites for hydroxylation is 2. The van der Waals surface area contributed by atoms with Gasteiger partial charge in [-0.15, -0.1) is 0 Å². The van der Waals surface area contributed by atoms with Crippen molar-refractivity contribution in [2.75, 3.05) is 0 Å². The number of hydrogen-bond donors (Lipinski definition) is 0. The summed E-state index contributed by atoms with van der Waals surface area (Å²) >= 11 is 0. The molecular weight excluding hydrogens is 184 g/mol. The minimum Gasteiger partial charge on any atom is -0.299 e. The van der Waals surface area contributed by atoms with E-state index in [4.69, 9.17) is 0 Å². The van der Waals surface area contributed by atoms with Gasteiger partial charge in [0.25, 0.3) is 0 Å². The van der Waals surface area contributed by atoms with Crippen molar-refractivity contribution in [2.24, 2.45) is 5.41 Å². The molecule has 0 atom stereocenters. The van der Waals surface area contributed by atoms with Gasteiger partial charge in [0.2, 0.25) is 0 Å². The van der Waals surface area contributed by atoms with E-state index in [9.17, 15) is 4.79 Å². The van der Waals surface area contributed by atoms with E-state index in [0.29, 0.717) is 0 Å². The van der Waals surface area contributed by atoms with E-state index >= 15 is 0 Å². The van der Waals surface area contributed by atoms with Crippen LogP contribution in [0.4, 0.5) is 0 Å². The van der Waals surface area contributed by atoms with E-state index < -0.39 is 0 Å². The van der Waals surface area contributed by atoms with Crippen LogP contribution in [0, 0.1) is 19.3 Å². The summed E-state index contributed by atoms with van der Waals surface area (Å²) < 4.78 is 0. The van der Waals surface area contributed by atoms with Gasteiger partial charge in [0.05, 0.1) is 0 Å². The standard InChI is InChI=1S/C8H10.C6H12O/c1-7-3-5-8(2)6-4-7;1-5(7)6(2,3)4/h3-6H,1-2H3;1-4H3. The van der Waals surface area contributed by atoms with Crippen LogP contribution in [0.15, 0.2) is 24.3 Å². The molecule has 0 heterocycles. The van der Waals surface area contributed by atoms with Gasteiger partial charge in [0.1, 0.15) is 5.78 Å². The first-order chi connectivity index (χ1) is 6.73. The summed E-state index contributed by atoms with van der Waals surface area (Å²) in [6.45, 7) is 11.5. The molecule has 1 heteroatoms. The Balaban J connectivity index is 0.000000265. The molecule has 0 aliphatic heterocycles. The molecule has 0 bridgehead atoms. The highest BCUT2D eigenvalue weighted by Gasteiger charge is 2.14. The van der Waals surface area contributed by atoms with Gasteiger partial charge in [-0.05, 0) is 20.8 Å². The molecule has 0 amide bonds. The lowest BCUT2D eigenvalue weighted by molar-refractivity contribution is -0.124. The van der Waals surface area contributed by atoms with Crippen LogP contribution in [0.3, 0.4) is 0 Å². The van der Waals surface area contributed by atoms with Crippen LogP contribution in [0.5, 0.6) is 0 Å². The number of carbonyl (C=O) groups excluding carboxylic acids is 1. The van der Waals surface area contributed by atoms with Crippen molar-refractivity contribution in [2.45, 2.75) is 41.5 Å². The molecule has 1 aromatic rings. The predicted octanol–water partition coefficient (Wildman–Crippen LogP) is 3.92.